The van der Waals surface area contributed by atoms with Crippen LogP contribution in [-0.4, -0.2) is 12.4 Å². The molecule has 3 aromatic rings. The van der Waals surface area contributed by atoms with Gasteiger partial charge in [0.15, 0.2) is 0 Å². The second-order valence-corrected chi connectivity index (χ2v) is 7.73. The van der Waals surface area contributed by atoms with Crippen molar-refractivity contribution in [2.24, 2.45) is 0 Å². The quantitative estimate of drug-likeness (QED) is 0.662. The molecule has 0 N–H and O–H groups in total. The first kappa shape index (κ1) is 15.7. The van der Waals surface area contributed by atoms with Gasteiger partial charge in [0.05, 0.1) is 16.5 Å². The Morgan fingerprint density at radius 2 is 1.87 bits per heavy atom. The Morgan fingerprint density at radius 1 is 1.22 bits per heavy atom. The summed E-state index contributed by atoms with van der Waals surface area (Å²) in [6.45, 7) is 1.85. The minimum absolute atomic E-state index is 0.0660. The number of hydrogen-bond donors (Lipinski definition) is 0. The van der Waals surface area contributed by atoms with E-state index in [1.165, 1.54) is 24.4 Å². The number of halogens is 2. The smallest absolute Gasteiger partial charge is 0.237 e. The number of aryl methyl sites for hydroxylation is 1. The maximum atomic E-state index is 14.4. The van der Waals surface area contributed by atoms with E-state index < -0.39 is 15.8 Å². The van der Waals surface area contributed by atoms with Crippen LogP contribution in [0.1, 0.15) is 11.1 Å². The molecular weight excluding hydrogens is 383 g/mol. The summed E-state index contributed by atoms with van der Waals surface area (Å²) in [6.07, 6.45) is 1.30. The number of nitrogens with zero attached hydrogens (tertiary/aromatic N) is 2. The zero-order valence-electron chi connectivity index (χ0n) is 11.9. The fourth-order valence-corrected chi connectivity index (χ4v) is 4.34. The van der Waals surface area contributed by atoms with E-state index in [2.05, 4.69) is 15.9 Å². The van der Waals surface area contributed by atoms with Gasteiger partial charge < -0.3 is 0 Å². The molecule has 0 amide bonds. The largest absolute Gasteiger partial charge is 0.268 e. The molecule has 0 radical (unpaired) electrons. The van der Waals surface area contributed by atoms with Crippen LogP contribution in [0.2, 0.25) is 0 Å². The van der Waals surface area contributed by atoms with E-state index in [0.29, 0.717) is 9.86 Å². The van der Waals surface area contributed by atoms with Gasteiger partial charge in [-0.2, -0.15) is 5.26 Å². The lowest BCUT2D eigenvalue weighted by molar-refractivity contribution is 0.586. The Kier molecular flexibility index (Phi) is 3.74. The highest BCUT2D eigenvalue weighted by molar-refractivity contribution is 9.10. The van der Waals surface area contributed by atoms with Gasteiger partial charge in [-0.15, -0.1) is 0 Å². The molecule has 1 aromatic heterocycles. The van der Waals surface area contributed by atoms with Crippen molar-refractivity contribution in [1.82, 2.24) is 3.97 Å². The van der Waals surface area contributed by atoms with E-state index in [9.17, 15) is 12.8 Å². The molecule has 0 atom stereocenters. The molecule has 0 aliphatic carbocycles. The number of benzene rings is 2. The fraction of sp³-hybridized carbons (Fsp3) is 0.0625. The van der Waals surface area contributed by atoms with Crippen LogP contribution in [0, 0.1) is 24.1 Å². The van der Waals surface area contributed by atoms with Crippen LogP contribution in [0.4, 0.5) is 4.39 Å². The summed E-state index contributed by atoms with van der Waals surface area (Å²) in [6, 6.07) is 10.6. The van der Waals surface area contributed by atoms with E-state index in [1.54, 1.807) is 12.1 Å². The minimum Gasteiger partial charge on any atom is -0.237 e. The van der Waals surface area contributed by atoms with E-state index in [0.717, 1.165) is 15.6 Å². The lowest BCUT2D eigenvalue weighted by Crippen LogP contribution is -2.12. The summed E-state index contributed by atoms with van der Waals surface area (Å²) in [5.41, 5.74) is 0.963. The summed E-state index contributed by atoms with van der Waals surface area (Å²) in [7, 11) is -3.94. The highest BCUT2D eigenvalue weighted by Crippen LogP contribution is 2.32. The van der Waals surface area contributed by atoms with Crippen LogP contribution in [0.3, 0.4) is 0 Å². The second-order valence-electron chi connectivity index (χ2n) is 5.06. The molecule has 0 saturated carbocycles. The Hall–Kier alpha value is -2.17. The zero-order chi connectivity index (χ0) is 16.8. The number of aromatic nitrogens is 1. The molecule has 0 spiro atoms. The lowest BCUT2D eigenvalue weighted by atomic mass is 10.2. The van der Waals surface area contributed by atoms with Crippen molar-refractivity contribution in [3.8, 4) is 6.07 Å². The highest BCUT2D eigenvalue weighted by Gasteiger charge is 2.23. The molecule has 1 heterocycles. The molecule has 0 aliphatic heterocycles. The molecule has 116 valence electrons. The van der Waals surface area contributed by atoms with Crippen molar-refractivity contribution in [3.63, 3.8) is 0 Å². The number of rotatable bonds is 2. The van der Waals surface area contributed by atoms with E-state index in [-0.39, 0.29) is 16.0 Å². The molecule has 0 aliphatic rings. The molecule has 23 heavy (non-hydrogen) atoms. The molecule has 2 aromatic carbocycles. The monoisotopic (exact) mass is 392 g/mol. The molecule has 3 rings (SSSR count). The summed E-state index contributed by atoms with van der Waals surface area (Å²) in [4.78, 5) is 0.0660. The van der Waals surface area contributed by atoms with Gasteiger partial charge in [-0.3, -0.25) is 0 Å². The zero-order valence-corrected chi connectivity index (χ0v) is 14.3. The average Bonchev–Trinajstić information content (AvgIpc) is 2.86. The minimum atomic E-state index is -3.94. The van der Waals surface area contributed by atoms with Gasteiger partial charge in [-0.05, 0) is 47.1 Å². The van der Waals surface area contributed by atoms with Crippen LogP contribution >= 0.6 is 15.9 Å². The Bertz CT molecular complexity index is 1060. The third-order valence-electron chi connectivity index (χ3n) is 3.48. The van der Waals surface area contributed by atoms with Crippen LogP contribution in [0.25, 0.3) is 10.9 Å². The predicted octanol–water partition coefficient (Wildman–Crippen LogP) is 3.96. The second kappa shape index (κ2) is 5.48. The van der Waals surface area contributed by atoms with Gasteiger partial charge in [-0.25, -0.2) is 16.8 Å². The van der Waals surface area contributed by atoms with Crippen molar-refractivity contribution < 1.29 is 12.8 Å². The maximum Gasteiger partial charge on any atom is 0.268 e. The van der Waals surface area contributed by atoms with E-state index in [4.69, 9.17) is 5.26 Å². The molecule has 0 unspecified atom stereocenters. The number of nitriles is 1. The van der Waals surface area contributed by atoms with Crippen LogP contribution in [0.5, 0.6) is 0 Å². The van der Waals surface area contributed by atoms with Gasteiger partial charge in [0.25, 0.3) is 10.0 Å². The SMILES string of the molecule is Cc1ccc(S(=O)(=O)n2cc(Br)c3cc(C#N)cc(F)c32)cc1. The Balaban J connectivity index is 2.33. The summed E-state index contributed by atoms with van der Waals surface area (Å²) in [5, 5.41) is 9.26. The molecule has 0 saturated heterocycles. The van der Waals surface area contributed by atoms with Crippen molar-refractivity contribution in [3.05, 3.63) is 64.0 Å². The maximum absolute atomic E-state index is 14.4. The van der Waals surface area contributed by atoms with E-state index >= 15 is 0 Å². The first-order valence-corrected chi connectivity index (χ1v) is 8.80. The molecule has 7 heteroatoms. The highest BCUT2D eigenvalue weighted by atomic mass is 79.9. The van der Waals surface area contributed by atoms with Crippen LogP contribution in [-0.2, 0) is 10.0 Å². The first-order valence-electron chi connectivity index (χ1n) is 6.57. The molecule has 4 nitrogen and oxygen atoms in total. The van der Waals surface area contributed by atoms with Gasteiger partial charge >= 0.3 is 0 Å². The summed E-state index contributed by atoms with van der Waals surface area (Å²) in [5.74, 6) is -0.763. The first-order chi connectivity index (χ1) is 10.8. The average molecular weight is 393 g/mol. The Morgan fingerprint density at radius 3 is 2.48 bits per heavy atom. The van der Waals surface area contributed by atoms with E-state index in [1.807, 2.05) is 13.0 Å². The molecule has 0 fully saturated rings. The van der Waals surface area contributed by atoms with Crippen molar-refractivity contribution in [1.29, 1.82) is 5.26 Å². The predicted molar refractivity (Wildman–Crippen MR) is 88.1 cm³/mol. The topological polar surface area (TPSA) is 62.9 Å². The molecular formula is C16H10BrFN2O2S. The van der Waals surface area contributed by atoms with Gasteiger partial charge in [0.2, 0.25) is 0 Å². The summed E-state index contributed by atoms with van der Waals surface area (Å²) >= 11 is 3.23. The normalized spacial score (nSPS) is 11.6. The number of hydrogen-bond acceptors (Lipinski definition) is 3. The van der Waals surface area contributed by atoms with Crippen molar-refractivity contribution in [2.45, 2.75) is 11.8 Å². The third-order valence-corrected chi connectivity index (χ3v) is 5.78. The van der Waals surface area contributed by atoms with Crippen molar-refractivity contribution in [2.75, 3.05) is 0 Å². The standard InChI is InChI=1S/C16H10BrFN2O2S/c1-10-2-4-12(5-3-10)23(21,22)20-9-14(17)13-6-11(8-19)7-15(18)16(13)20/h2-7,9H,1H3. The van der Waals surface area contributed by atoms with Gasteiger partial charge in [0.1, 0.15) is 11.3 Å². The van der Waals surface area contributed by atoms with Gasteiger partial charge in [0, 0.05) is 16.1 Å². The van der Waals surface area contributed by atoms with Crippen LogP contribution in [0.15, 0.2) is 52.0 Å². The fourth-order valence-electron chi connectivity index (χ4n) is 2.32. The molecule has 0 bridgehead atoms. The van der Waals surface area contributed by atoms with Gasteiger partial charge in [-0.1, -0.05) is 17.7 Å². The van der Waals surface area contributed by atoms with Crippen molar-refractivity contribution >= 4 is 36.9 Å². The lowest BCUT2D eigenvalue weighted by Gasteiger charge is -2.08. The third kappa shape index (κ3) is 2.54. The number of fused-ring (bicyclic) bond motifs is 1. The summed E-state index contributed by atoms with van der Waals surface area (Å²) < 4.78 is 41.2. The van der Waals surface area contributed by atoms with Crippen LogP contribution < -0.4 is 0 Å². The Labute approximate surface area is 141 Å².